The summed E-state index contributed by atoms with van der Waals surface area (Å²) in [5.74, 6) is 2.07. The van der Waals surface area contributed by atoms with E-state index in [4.69, 9.17) is 0 Å². The van der Waals surface area contributed by atoms with Gasteiger partial charge in [-0.1, -0.05) is 12.1 Å². The van der Waals surface area contributed by atoms with Gasteiger partial charge in [-0.15, -0.1) is 0 Å². The van der Waals surface area contributed by atoms with Gasteiger partial charge in [0.15, 0.2) is 0 Å². The predicted molar refractivity (Wildman–Crippen MR) is 120 cm³/mol. The molecule has 2 fully saturated rings. The number of nitrogens with one attached hydrogen (secondary N) is 2. The number of rotatable bonds is 4. The van der Waals surface area contributed by atoms with Crippen molar-refractivity contribution in [2.24, 2.45) is 0 Å². The minimum Gasteiger partial charge on any atom is -0.356 e. The third kappa shape index (κ3) is 5.20. The molecule has 2 saturated heterocycles. The molecule has 0 unspecified atom stereocenters. The molecule has 160 valence electrons. The van der Waals surface area contributed by atoms with Crippen molar-refractivity contribution < 1.29 is 4.79 Å². The molecule has 0 aromatic carbocycles. The molecule has 0 aliphatic carbocycles. The third-order valence-corrected chi connectivity index (χ3v) is 6.06. The summed E-state index contributed by atoms with van der Waals surface area (Å²) in [6.07, 6.45) is 3.78. The smallest absolute Gasteiger partial charge is 0.315 e. The first-order valence-electron chi connectivity index (χ1n) is 11.0. The molecule has 4 rings (SSSR count). The summed E-state index contributed by atoms with van der Waals surface area (Å²) in [5, 5.41) is 6.35. The lowest BCUT2D eigenvalue weighted by Crippen LogP contribution is -2.52. The molecule has 2 aliphatic heterocycles. The molecule has 2 aromatic heterocycles. The van der Waals surface area contributed by atoms with E-state index < -0.39 is 0 Å². The maximum atomic E-state index is 12.5. The highest BCUT2D eigenvalue weighted by atomic mass is 16.2. The summed E-state index contributed by atoms with van der Waals surface area (Å²) in [6, 6.07) is 12.7. The normalized spacial score (nSPS) is 18.3. The fraction of sp³-hybridized carbons (Fsp3) is 0.522. The van der Waals surface area contributed by atoms with Crippen LogP contribution in [-0.4, -0.2) is 54.3 Å². The SMILES string of the molecule is Cc1cccc(N2CCC(NC(=O)NC3CCN(c4cccc(C)n4)CC3)CC2)n1. The number of piperidine rings is 2. The number of carbonyl (C=O) groups excluding carboxylic acids is 1. The van der Waals surface area contributed by atoms with Crippen LogP contribution in [0.1, 0.15) is 37.1 Å². The van der Waals surface area contributed by atoms with Gasteiger partial charge in [-0.25, -0.2) is 14.8 Å². The zero-order valence-electron chi connectivity index (χ0n) is 18.0. The van der Waals surface area contributed by atoms with E-state index in [-0.39, 0.29) is 18.1 Å². The number of urea groups is 1. The van der Waals surface area contributed by atoms with Gasteiger partial charge in [0.1, 0.15) is 11.6 Å². The molecule has 0 spiro atoms. The number of hydrogen-bond acceptors (Lipinski definition) is 5. The summed E-state index contributed by atoms with van der Waals surface area (Å²) >= 11 is 0. The van der Waals surface area contributed by atoms with Crippen LogP contribution in [0.2, 0.25) is 0 Å². The van der Waals surface area contributed by atoms with E-state index >= 15 is 0 Å². The first-order valence-corrected chi connectivity index (χ1v) is 11.0. The summed E-state index contributed by atoms with van der Waals surface area (Å²) < 4.78 is 0. The van der Waals surface area contributed by atoms with Crippen molar-refractivity contribution in [2.45, 2.75) is 51.6 Å². The predicted octanol–water partition coefficient (Wildman–Crippen LogP) is 3.03. The lowest BCUT2D eigenvalue weighted by Gasteiger charge is -2.35. The van der Waals surface area contributed by atoms with Crippen LogP contribution in [0.25, 0.3) is 0 Å². The number of amides is 2. The first kappa shape index (κ1) is 20.4. The molecule has 0 saturated carbocycles. The lowest BCUT2D eigenvalue weighted by atomic mass is 10.0. The summed E-state index contributed by atoms with van der Waals surface area (Å²) in [7, 11) is 0. The maximum absolute atomic E-state index is 12.5. The minimum atomic E-state index is -0.0331. The first-order chi connectivity index (χ1) is 14.6. The largest absolute Gasteiger partial charge is 0.356 e. The van der Waals surface area contributed by atoms with Crippen LogP contribution in [0.5, 0.6) is 0 Å². The third-order valence-electron chi connectivity index (χ3n) is 6.06. The quantitative estimate of drug-likeness (QED) is 0.814. The summed E-state index contributed by atoms with van der Waals surface area (Å²) in [5.41, 5.74) is 2.08. The van der Waals surface area contributed by atoms with Gasteiger partial charge in [0.05, 0.1) is 0 Å². The molecular weight excluding hydrogens is 376 g/mol. The molecular formula is C23H32N6O. The van der Waals surface area contributed by atoms with Crippen LogP contribution in [0, 0.1) is 13.8 Å². The van der Waals surface area contributed by atoms with Crippen LogP contribution in [0.3, 0.4) is 0 Å². The second-order valence-electron chi connectivity index (χ2n) is 8.41. The number of aromatic nitrogens is 2. The van der Waals surface area contributed by atoms with Gasteiger partial charge < -0.3 is 20.4 Å². The number of carbonyl (C=O) groups is 1. The van der Waals surface area contributed by atoms with Crippen molar-refractivity contribution in [3.8, 4) is 0 Å². The van der Waals surface area contributed by atoms with Crippen molar-refractivity contribution in [3.05, 3.63) is 47.8 Å². The molecule has 2 aliphatic rings. The number of nitrogens with zero attached hydrogens (tertiary/aromatic N) is 4. The van der Waals surface area contributed by atoms with E-state index in [2.05, 4.69) is 54.7 Å². The Morgan fingerprint density at radius 3 is 1.53 bits per heavy atom. The van der Waals surface area contributed by atoms with Gasteiger partial charge in [-0.3, -0.25) is 0 Å². The molecule has 7 heteroatoms. The van der Waals surface area contributed by atoms with Gasteiger partial charge in [0, 0.05) is 49.7 Å². The summed E-state index contributed by atoms with van der Waals surface area (Å²) in [4.78, 5) is 26.3. The number of hydrogen-bond donors (Lipinski definition) is 2. The van der Waals surface area contributed by atoms with E-state index in [1.807, 2.05) is 26.0 Å². The Hall–Kier alpha value is -2.83. The second-order valence-corrected chi connectivity index (χ2v) is 8.41. The summed E-state index contributed by atoms with van der Waals surface area (Å²) in [6.45, 7) is 7.72. The molecule has 7 nitrogen and oxygen atoms in total. The number of pyridine rings is 2. The minimum absolute atomic E-state index is 0.0331. The highest BCUT2D eigenvalue weighted by Crippen LogP contribution is 2.20. The Morgan fingerprint density at radius 1 is 0.767 bits per heavy atom. The molecule has 0 bridgehead atoms. The van der Waals surface area contributed by atoms with Crippen molar-refractivity contribution in [2.75, 3.05) is 36.0 Å². The van der Waals surface area contributed by atoms with Crippen molar-refractivity contribution in [1.29, 1.82) is 0 Å². The van der Waals surface area contributed by atoms with Crippen molar-refractivity contribution in [1.82, 2.24) is 20.6 Å². The maximum Gasteiger partial charge on any atom is 0.315 e. The average Bonchev–Trinajstić information content (AvgIpc) is 2.75. The molecule has 2 amide bonds. The second kappa shape index (κ2) is 9.32. The molecule has 2 aromatic rings. The van der Waals surface area contributed by atoms with Gasteiger partial charge in [-0.2, -0.15) is 0 Å². The van der Waals surface area contributed by atoms with E-state index in [1.165, 1.54) is 0 Å². The average molecular weight is 409 g/mol. The Balaban J connectivity index is 1.19. The fourth-order valence-electron chi connectivity index (χ4n) is 4.33. The van der Waals surface area contributed by atoms with Gasteiger partial charge in [0.2, 0.25) is 0 Å². The van der Waals surface area contributed by atoms with E-state index in [0.717, 1.165) is 74.9 Å². The van der Waals surface area contributed by atoms with Crippen LogP contribution >= 0.6 is 0 Å². The fourth-order valence-corrected chi connectivity index (χ4v) is 4.33. The van der Waals surface area contributed by atoms with Crippen LogP contribution in [0.4, 0.5) is 16.4 Å². The Labute approximate surface area is 178 Å². The van der Waals surface area contributed by atoms with Gasteiger partial charge >= 0.3 is 6.03 Å². The highest BCUT2D eigenvalue weighted by Gasteiger charge is 2.24. The zero-order valence-corrected chi connectivity index (χ0v) is 18.0. The molecule has 4 heterocycles. The van der Waals surface area contributed by atoms with Crippen LogP contribution < -0.4 is 20.4 Å². The van der Waals surface area contributed by atoms with Crippen molar-refractivity contribution >= 4 is 17.7 Å². The molecule has 0 radical (unpaired) electrons. The topological polar surface area (TPSA) is 73.4 Å². The van der Waals surface area contributed by atoms with E-state index in [1.54, 1.807) is 0 Å². The van der Waals surface area contributed by atoms with Crippen LogP contribution in [0.15, 0.2) is 36.4 Å². The zero-order chi connectivity index (χ0) is 20.9. The van der Waals surface area contributed by atoms with E-state index in [9.17, 15) is 4.79 Å². The Bertz CT molecular complexity index is 787. The Kier molecular flexibility index (Phi) is 6.35. The van der Waals surface area contributed by atoms with Gasteiger partial charge in [-0.05, 0) is 63.8 Å². The monoisotopic (exact) mass is 408 g/mol. The standard InChI is InChI=1S/C23H32N6O/c1-17-5-3-7-21(24-17)28-13-9-19(10-14-28)26-23(30)27-20-11-15-29(16-12-20)22-8-4-6-18(2)25-22/h3-8,19-20H,9-16H2,1-2H3,(H2,26,27,30). The number of aryl methyl sites for hydroxylation is 2. The van der Waals surface area contributed by atoms with Gasteiger partial charge in [0.25, 0.3) is 0 Å². The lowest BCUT2D eigenvalue weighted by molar-refractivity contribution is 0.228. The molecule has 2 N–H and O–H groups in total. The number of anilines is 2. The highest BCUT2D eigenvalue weighted by molar-refractivity contribution is 5.74. The molecule has 0 atom stereocenters. The Morgan fingerprint density at radius 2 is 1.17 bits per heavy atom. The van der Waals surface area contributed by atoms with Crippen LogP contribution in [-0.2, 0) is 0 Å². The van der Waals surface area contributed by atoms with Crippen molar-refractivity contribution in [3.63, 3.8) is 0 Å². The molecule has 30 heavy (non-hydrogen) atoms. The van der Waals surface area contributed by atoms with E-state index in [0.29, 0.717) is 0 Å².